The minimum Gasteiger partial charge on any atom is -0.507 e. The van der Waals surface area contributed by atoms with E-state index < -0.39 is 0 Å². The fourth-order valence-corrected chi connectivity index (χ4v) is 3.53. The molecule has 1 N–H and O–H groups in total. The maximum Gasteiger partial charge on any atom is 0.267 e. The average molecular weight is 343 g/mol. The zero-order valence-corrected chi connectivity index (χ0v) is 13.7. The summed E-state index contributed by atoms with van der Waals surface area (Å²) in [4.78, 5) is 23.2. The van der Waals surface area contributed by atoms with Crippen LogP contribution >= 0.6 is 23.1 Å². The molecule has 0 aliphatic carbocycles. The fourth-order valence-electron chi connectivity index (χ4n) is 1.99. The smallest absolute Gasteiger partial charge is 0.267 e. The molecule has 1 aliphatic rings. The van der Waals surface area contributed by atoms with Crippen LogP contribution in [0, 0.1) is 0 Å². The van der Waals surface area contributed by atoms with E-state index in [0.717, 1.165) is 0 Å². The van der Waals surface area contributed by atoms with Crippen LogP contribution in [0.1, 0.15) is 5.56 Å². The second-order valence-corrected chi connectivity index (χ2v) is 6.47. The van der Waals surface area contributed by atoms with Crippen LogP contribution in [0.25, 0.3) is 6.08 Å². The molecule has 0 spiro atoms. The molecule has 0 unspecified atom stereocenters. The molecule has 1 aromatic carbocycles. The summed E-state index contributed by atoms with van der Waals surface area (Å²) in [6, 6.07) is 6.88. The second kappa shape index (κ2) is 6.80. The molecule has 5 nitrogen and oxygen atoms in total. The lowest BCUT2D eigenvalue weighted by Gasteiger charge is -2.11. The Balaban J connectivity index is 1.96. The van der Waals surface area contributed by atoms with Crippen LogP contribution in [0.4, 0.5) is 5.13 Å². The van der Waals surface area contributed by atoms with Crippen LogP contribution in [-0.2, 0) is 4.79 Å². The summed E-state index contributed by atoms with van der Waals surface area (Å²) in [6.07, 6.45) is 4.99. The molecule has 0 saturated carbocycles. The quantitative estimate of drug-likeness (QED) is 0.680. The van der Waals surface area contributed by atoms with Gasteiger partial charge >= 0.3 is 0 Å². The summed E-state index contributed by atoms with van der Waals surface area (Å²) in [5.41, 5.74) is 0.595. The van der Waals surface area contributed by atoms with Crippen molar-refractivity contribution in [3.63, 3.8) is 0 Å². The first kappa shape index (κ1) is 15.5. The molecule has 23 heavy (non-hydrogen) atoms. The van der Waals surface area contributed by atoms with E-state index in [1.165, 1.54) is 23.1 Å². The van der Waals surface area contributed by atoms with Crippen molar-refractivity contribution in [2.45, 2.75) is 0 Å². The van der Waals surface area contributed by atoms with Crippen LogP contribution in [0.3, 0.4) is 0 Å². The number of hydrogen-bond acceptors (Lipinski definition) is 6. The molecule has 0 atom stereocenters. The van der Waals surface area contributed by atoms with Crippen LogP contribution in [0.2, 0.25) is 0 Å². The number of thioether (sulfide) groups is 1. The fraction of sp³-hybridized carbons (Fsp3) is 0.0625. The van der Waals surface area contributed by atoms with Crippen LogP contribution in [-0.4, -0.2) is 32.6 Å². The molecular weight excluding hydrogens is 330 g/mol. The third kappa shape index (κ3) is 3.35. The van der Waals surface area contributed by atoms with Crippen molar-refractivity contribution in [1.82, 2.24) is 9.88 Å². The van der Waals surface area contributed by atoms with Gasteiger partial charge in [-0.25, -0.2) is 4.98 Å². The summed E-state index contributed by atoms with van der Waals surface area (Å²) in [5, 5.41) is 12.9. The van der Waals surface area contributed by atoms with Gasteiger partial charge in [-0.15, -0.1) is 17.9 Å². The van der Waals surface area contributed by atoms with Gasteiger partial charge in [-0.2, -0.15) is 4.99 Å². The van der Waals surface area contributed by atoms with E-state index in [9.17, 15) is 9.90 Å². The second-order valence-electron chi connectivity index (χ2n) is 4.58. The van der Waals surface area contributed by atoms with Gasteiger partial charge in [0.1, 0.15) is 5.75 Å². The predicted molar refractivity (Wildman–Crippen MR) is 94.8 cm³/mol. The molecular formula is C16H13N3O2S2. The van der Waals surface area contributed by atoms with Crippen molar-refractivity contribution in [3.8, 4) is 5.75 Å². The van der Waals surface area contributed by atoms with Crippen molar-refractivity contribution in [3.05, 3.63) is 59.0 Å². The number of carbonyl (C=O) groups is 1. The Morgan fingerprint density at radius 1 is 1.39 bits per heavy atom. The van der Waals surface area contributed by atoms with E-state index in [4.69, 9.17) is 0 Å². The van der Waals surface area contributed by atoms with Crippen LogP contribution in [0.15, 0.2) is 58.4 Å². The molecule has 1 aromatic heterocycles. The van der Waals surface area contributed by atoms with E-state index in [1.807, 2.05) is 11.4 Å². The number of aromatic hydroxyl groups is 1. The van der Waals surface area contributed by atoms with E-state index in [-0.39, 0.29) is 11.7 Å². The maximum atomic E-state index is 12.6. The number of amidine groups is 1. The lowest BCUT2D eigenvalue weighted by atomic mass is 10.2. The monoisotopic (exact) mass is 343 g/mol. The highest BCUT2D eigenvalue weighted by Crippen LogP contribution is 2.35. The third-order valence-electron chi connectivity index (χ3n) is 3.03. The van der Waals surface area contributed by atoms with Crippen LogP contribution < -0.4 is 0 Å². The van der Waals surface area contributed by atoms with Gasteiger partial charge in [-0.05, 0) is 23.9 Å². The Morgan fingerprint density at radius 3 is 2.91 bits per heavy atom. The Morgan fingerprint density at radius 2 is 2.22 bits per heavy atom. The average Bonchev–Trinajstić information content (AvgIpc) is 3.14. The molecule has 116 valence electrons. The largest absolute Gasteiger partial charge is 0.507 e. The number of thiazole rings is 1. The highest BCUT2D eigenvalue weighted by atomic mass is 32.2. The number of hydrogen-bond donors (Lipinski definition) is 1. The van der Waals surface area contributed by atoms with Gasteiger partial charge < -0.3 is 5.11 Å². The number of phenolic OH excluding ortho intramolecular Hbond substituents is 1. The first-order valence-corrected chi connectivity index (χ1v) is 8.47. The van der Waals surface area contributed by atoms with Gasteiger partial charge in [-0.3, -0.25) is 9.69 Å². The highest BCUT2D eigenvalue weighted by molar-refractivity contribution is 8.18. The summed E-state index contributed by atoms with van der Waals surface area (Å²) in [7, 11) is 0. The molecule has 1 saturated heterocycles. The molecule has 2 aromatic rings. The zero-order chi connectivity index (χ0) is 16.2. The maximum absolute atomic E-state index is 12.6. The molecule has 3 rings (SSSR count). The Hall–Kier alpha value is -2.38. The van der Waals surface area contributed by atoms with Gasteiger partial charge in [0.05, 0.1) is 4.91 Å². The lowest BCUT2D eigenvalue weighted by molar-refractivity contribution is -0.121. The van der Waals surface area contributed by atoms with Crippen molar-refractivity contribution in [1.29, 1.82) is 0 Å². The Kier molecular flexibility index (Phi) is 4.59. The number of para-hydroxylation sites is 1. The van der Waals surface area contributed by atoms with Crippen LogP contribution in [0.5, 0.6) is 5.75 Å². The molecule has 2 heterocycles. The number of phenols is 1. The molecule has 1 amide bonds. The number of carbonyl (C=O) groups excluding carboxylic acids is 1. The minimum absolute atomic E-state index is 0.133. The van der Waals surface area contributed by atoms with Crippen molar-refractivity contribution >= 4 is 45.4 Å². The summed E-state index contributed by atoms with van der Waals surface area (Å²) >= 11 is 2.67. The van der Waals surface area contributed by atoms with Gasteiger partial charge in [0, 0.05) is 23.7 Å². The van der Waals surface area contributed by atoms with E-state index in [0.29, 0.717) is 27.3 Å². The van der Waals surface area contributed by atoms with E-state index >= 15 is 0 Å². The van der Waals surface area contributed by atoms with Crippen molar-refractivity contribution in [2.75, 3.05) is 6.54 Å². The topological polar surface area (TPSA) is 65.8 Å². The summed E-state index contributed by atoms with van der Waals surface area (Å²) in [6.45, 7) is 4.05. The Labute approximate surface area is 141 Å². The lowest BCUT2D eigenvalue weighted by Crippen LogP contribution is -2.29. The Bertz CT molecular complexity index is 797. The molecule has 0 bridgehead atoms. The molecule has 0 radical (unpaired) electrons. The van der Waals surface area contributed by atoms with Gasteiger partial charge in [-0.1, -0.05) is 24.3 Å². The number of benzene rings is 1. The van der Waals surface area contributed by atoms with Gasteiger partial charge in [0.15, 0.2) is 5.17 Å². The zero-order valence-electron chi connectivity index (χ0n) is 12.0. The van der Waals surface area contributed by atoms with Crippen molar-refractivity contribution < 1.29 is 9.90 Å². The number of rotatable bonds is 4. The third-order valence-corrected chi connectivity index (χ3v) is 4.71. The number of amides is 1. The number of nitrogens with zero attached hydrogens (tertiary/aromatic N) is 3. The number of aromatic nitrogens is 1. The highest BCUT2D eigenvalue weighted by Gasteiger charge is 2.32. The minimum atomic E-state index is -0.159. The summed E-state index contributed by atoms with van der Waals surface area (Å²) < 4.78 is 0. The first-order chi connectivity index (χ1) is 11.2. The normalized spacial score (nSPS) is 18.1. The van der Waals surface area contributed by atoms with E-state index in [1.54, 1.807) is 41.4 Å². The van der Waals surface area contributed by atoms with Gasteiger partial charge in [0.2, 0.25) is 5.13 Å². The SMILES string of the molecule is C=CCN1C(=O)/C(=C/c2ccccc2O)S/C1=N/c1nccs1. The molecule has 7 heteroatoms. The summed E-state index contributed by atoms with van der Waals surface area (Å²) in [5.74, 6) is -0.0255. The first-order valence-electron chi connectivity index (χ1n) is 6.77. The molecule has 1 fully saturated rings. The molecule has 1 aliphatic heterocycles. The van der Waals surface area contributed by atoms with Crippen molar-refractivity contribution in [2.24, 2.45) is 4.99 Å². The number of aliphatic imine (C=N–C) groups is 1. The van der Waals surface area contributed by atoms with E-state index in [2.05, 4.69) is 16.6 Å². The standard InChI is InChI=1S/C16H13N3O2S2/c1-2-8-19-14(21)13(10-11-5-3-4-6-12(11)20)23-16(19)18-15-17-7-9-22-15/h2-7,9-10,20H,1,8H2/b13-10-,18-16+. The van der Waals surface area contributed by atoms with Gasteiger partial charge in [0.25, 0.3) is 5.91 Å². The predicted octanol–water partition coefficient (Wildman–Crippen LogP) is 3.64.